The summed E-state index contributed by atoms with van der Waals surface area (Å²) in [6.45, 7) is 6.68. The van der Waals surface area contributed by atoms with Crippen molar-refractivity contribution in [2.24, 2.45) is 11.3 Å². The lowest BCUT2D eigenvalue weighted by Crippen LogP contribution is -2.14. The van der Waals surface area contributed by atoms with Gasteiger partial charge in [-0.25, -0.2) is 4.68 Å². The van der Waals surface area contributed by atoms with Gasteiger partial charge in [-0.2, -0.15) is 5.10 Å². The van der Waals surface area contributed by atoms with E-state index < -0.39 is 0 Å². The van der Waals surface area contributed by atoms with Crippen molar-refractivity contribution in [3.63, 3.8) is 0 Å². The third-order valence-electron chi connectivity index (χ3n) is 6.63. The van der Waals surface area contributed by atoms with Crippen LogP contribution in [0.4, 0.5) is 0 Å². The van der Waals surface area contributed by atoms with E-state index in [4.69, 9.17) is 0 Å². The number of carbonyl (C=O) groups excluding carboxylic acids is 1. The number of hydrogen-bond acceptors (Lipinski definition) is 2. The van der Waals surface area contributed by atoms with Gasteiger partial charge >= 0.3 is 0 Å². The highest BCUT2D eigenvalue weighted by Gasteiger charge is 2.63. The van der Waals surface area contributed by atoms with Crippen molar-refractivity contribution in [3.8, 4) is 11.1 Å². The van der Waals surface area contributed by atoms with Crippen LogP contribution < -0.4 is 0 Å². The predicted octanol–water partition coefficient (Wildman–Crippen LogP) is 5.51. The van der Waals surface area contributed by atoms with Gasteiger partial charge in [0.25, 0.3) is 5.91 Å². The molecule has 0 spiro atoms. The number of allylic oxidation sites excluding steroid dienone is 1. The van der Waals surface area contributed by atoms with Crippen molar-refractivity contribution in [1.29, 1.82) is 0 Å². The highest BCUT2D eigenvalue weighted by molar-refractivity contribution is 5.94. The zero-order valence-corrected chi connectivity index (χ0v) is 16.5. The topological polar surface area (TPSA) is 34.9 Å². The molecule has 0 aliphatic heterocycles. The van der Waals surface area contributed by atoms with E-state index in [-0.39, 0.29) is 5.91 Å². The number of hydrogen-bond donors (Lipinski definition) is 0. The largest absolute Gasteiger partial charge is 0.271 e. The van der Waals surface area contributed by atoms with E-state index in [1.165, 1.54) is 16.7 Å². The van der Waals surface area contributed by atoms with Gasteiger partial charge in [-0.15, -0.1) is 0 Å². The molecule has 0 saturated heterocycles. The van der Waals surface area contributed by atoms with Crippen LogP contribution in [-0.2, 0) is 6.42 Å². The Morgan fingerprint density at radius 3 is 2.46 bits per heavy atom. The second-order valence-electron chi connectivity index (χ2n) is 8.63. The fourth-order valence-corrected chi connectivity index (χ4v) is 4.93. The monoisotopic (exact) mass is 368 g/mol. The van der Waals surface area contributed by atoms with Crippen LogP contribution in [0, 0.1) is 18.3 Å². The molecule has 3 nitrogen and oxygen atoms in total. The summed E-state index contributed by atoms with van der Waals surface area (Å²) < 4.78 is 1.63. The summed E-state index contributed by atoms with van der Waals surface area (Å²) in [5, 5.41) is 4.56. The Balaban J connectivity index is 1.35. The summed E-state index contributed by atoms with van der Waals surface area (Å²) in [7, 11) is 0. The summed E-state index contributed by atoms with van der Waals surface area (Å²) >= 11 is 0. The van der Waals surface area contributed by atoms with Gasteiger partial charge in [0, 0.05) is 11.6 Å². The Morgan fingerprint density at radius 1 is 1.07 bits per heavy atom. The lowest BCUT2D eigenvalue weighted by atomic mass is 9.98. The molecule has 0 radical (unpaired) electrons. The Bertz CT molecular complexity index is 1090. The molecule has 0 bridgehead atoms. The van der Waals surface area contributed by atoms with E-state index >= 15 is 0 Å². The number of benzene rings is 2. The molecule has 1 fully saturated rings. The van der Waals surface area contributed by atoms with E-state index in [1.807, 2.05) is 43.3 Å². The fourth-order valence-electron chi connectivity index (χ4n) is 4.93. The van der Waals surface area contributed by atoms with Crippen LogP contribution in [0.1, 0.15) is 47.1 Å². The van der Waals surface area contributed by atoms with Crippen LogP contribution in [0.25, 0.3) is 17.2 Å². The van der Waals surface area contributed by atoms with Gasteiger partial charge < -0.3 is 0 Å². The number of aromatic nitrogens is 2. The second kappa shape index (κ2) is 6.03. The summed E-state index contributed by atoms with van der Waals surface area (Å²) in [6, 6.07) is 18.6. The Kier molecular flexibility index (Phi) is 3.70. The molecule has 1 aromatic heterocycles. The predicted molar refractivity (Wildman–Crippen MR) is 112 cm³/mol. The molecule has 3 heteroatoms. The van der Waals surface area contributed by atoms with E-state index in [0.29, 0.717) is 17.3 Å². The van der Waals surface area contributed by atoms with Gasteiger partial charge in [0.1, 0.15) is 0 Å². The minimum absolute atomic E-state index is 0.0596. The average Bonchev–Trinajstić information content (AvgIpc) is 3.04. The van der Waals surface area contributed by atoms with Crippen LogP contribution in [0.5, 0.6) is 0 Å². The first-order chi connectivity index (χ1) is 13.5. The molecular weight excluding hydrogens is 344 g/mol. The third kappa shape index (κ3) is 2.57. The molecule has 2 atom stereocenters. The number of fused-ring (bicyclic) bond motifs is 3. The van der Waals surface area contributed by atoms with Gasteiger partial charge in [-0.3, -0.25) is 4.79 Å². The normalized spacial score (nSPS) is 21.5. The van der Waals surface area contributed by atoms with Crippen molar-refractivity contribution in [1.82, 2.24) is 9.78 Å². The third-order valence-corrected chi connectivity index (χ3v) is 6.63. The highest BCUT2D eigenvalue weighted by atomic mass is 16.2. The first-order valence-electron chi connectivity index (χ1n) is 9.93. The second-order valence-corrected chi connectivity index (χ2v) is 8.63. The molecule has 140 valence electrons. The quantitative estimate of drug-likeness (QED) is 0.572. The molecule has 0 unspecified atom stereocenters. The maximum atomic E-state index is 12.8. The molecular formula is C25H24N2O. The lowest BCUT2D eigenvalue weighted by molar-refractivity contribution is 0.0951. The van der Waals surface area contributed by atoms with Crippen molar-refractivity contribution < 1.29 is 4.79 Å². The fraction of sp³-hybridized carbons (Fsp3) is 0.280. The maximum absolute atomic E-state index is 12.8. The van der Waals surface area contributed by atoms with Crippen LogP contribution in [-0.4, -0.2) is 15.7 Å². The van der Waals surface area contributed by atoms with Gasteiger partial charge in [-0.05, 0) is 53.4 Å². The lowest BCUT2D eigenvalue weighted by Gasteiger charge is -2.09. The molecule has 0 amide bonds. The molecule has 28 heavy (non-hydrogen) atoms. The smallest absolute Gasteiger partial charge is 0.267 e. The van der Waals surface area contributed by atoms with Crippen molar-refractivity contribution >= 4 is 12.0 Å². The Morgan fingerprint density at radius 2 is 1.75 bits per heavy atom. The van der Waals surface area contributed by atoms with Crippen LogP contribution in [0.2, 0.25) is 0 Å². The first kappa shape index (κ1) is 17.2. The molecule has 2 aliphatic carbocycles. The molecule has 1 heterocycles. The van der Waals surface area contributed by atoms with Gasteiger partial charge in [0.15, 0.2) is 0 Å². The van der Waals surface area contributed by atoms with E-state index in [2.05, 4.69) is 43.2 Å². The molecule has 3 aromatic rings. The van der Waals surface area contributed by atoms with Crippen molar-refractivity contribution in [2.45, 2.75) is 33.1 Å². The van der Waals surface area contributed by atoms with Gasteiger partial charge in [0.05, 0.1) is 11.4 Å². The standard InChI is InChI=1S/C25H24N2O/c1-16-23-21(15-20-24(23)25(20,2)3)27(26-16)22(28)14-11-17-9-12-19(13-10-17)18-7-5-4-6-8-18/h4-14,20,24H,15H2,1-3H3/b14-11+/t20-,24-/m1/s1. The van der Waals surface area contributed by atoms with Crippen LogP contribution in [0.3, 0.4) is 0 Å². The van der Waals surface area contributed by atoms with Crippen LogP contribution in [0.15, 0.2) is 60.7 Å². The number of nitrogens with zero attached hydrogens (tertiary/aromatic N) is 2. The molecule has 5 rings (SSSR count). The van der Waals surface area contributed by atoms with E-state index in [0.717, 1.165) is 23.4 Å². The first-order valence-corrected chi connectivity index (χ1v) is 9.93. The summed E-state index contributed by atoms with van der Waals surface area (Å²) in [5.74, 6) is 1.20. The van der Waals surface area contributed by atoms with Crippen molar-refractivity contribution in [3.05, 3.63) is 83.2 Å². The minimum atomic E-state index is -0.0596. The summed E-state index contributed by atoms with van der Waals surface area (Å²) in [4.78, 5) is 12.8. The maximum Gasteiger partial charge on any atom is 0.271 e. The summed E-state index contributed by atoms with van der Waals surface area (Å²) in [6.07, 6.45) is 4.48. The molecule has 1 saturated carbocycles. The average molecular weight is 368 g/mol. The van der Waals surface area contributed by atoms with E-state index in [1.54, 1.807) is 10.8 Å². The minimum Gasteiger partial charge on any atom is -0.267 e. The Hall–Kier alpha value is -2.94. The van der Waals surface area contributed by atoms with Crippen molar-refractivity contribution in [2.75, 3.05) is 0 Å². The SMILES string of the molecule is Cc1nn(C(=O)/C=C/c2ccc(-c3ccccc3)cc2)c2c1[C@H]1[C@@H](C2)C1(C)C. The zero-order chi connectivity index (χ0) is 19.5. The molecule has 2 aliphatic rings. The number of carbonyl (C=O) groups is 1. The van der Waals surface area contributed by atoms with Crippen LogP contribution >= 0.6 is 0 Å². The zero-order valence-electron chi connectivity index (χ0n) is 16.5. The van der Waals surface area contributed by atoms with Gasteiger partial charge in [-0.1, -0.05) is 68.4 Å². The van der Waals surface area contributed by atoms with E-state index in [9.17, 15) is 4.79 Å². The molecule has 2 aromatic carbocycles. The molecule has 0 N–H and O–H groups in total. The number of rotatable bonds is 3. The Labute approximate surface area is 165 Å². The van der Waals surface area contributed by atoms with Gasteiger partial charge in [0.2, 0.25) is 0 Å². The summed E-state index contributed by atoms with van der Waals surface area (Å²) in [5.41, 5.74) is 7.21. The number of aryl methyl sites for hydroxylation is 1. The highest BCUT2D eigenvalue weighted by Crippen LogP contribution is 2.70.